The zero-order valence-electron chi connectivity index (χ0n) is 13.7. The molecule has 0 spiro atoms. The van der Waals surface area contributed by atoms with Crippen molar-refractivity contribution in [3.63, 3.8) is 0 Å². The molecule has 0 aliphatic carbocycles. The summed E-state index contributed by atoms with van der Waals surface area (Å²) in [5.74, 6) is -0.641. The molecule has 0 aromatic heterocycles. The molecule has 1 aliphatic rings. The summed E-state index contributed by atoms with van der Waals surface area (Å²) < 4.78 is 5.09. The maximum absolute atomic E-state index is 12.4. The zero-order chi connectivity index (χ0) is 17.1. The highest BCUT2D eigenvalue weighted by atomic mass is 35.5. The lowest BCUT2D eigenvalue weighted by molar-refractivity contribution is -0.144. The van der Waals surface area contributed by atoms with E-state index in [1.165, 1.54) is 11.9 Å². The second-order valence-corrected chi connectivity index (χ2v) is 6.97. The summed E-state index contributed by atoms with van der Waals surface area (Å²) in [7, 11) is 1.43. The summed E-state index contributed by atoms with van der Waals surface area (Å²) in [5.41, 5.74) is 1.70. The third-order valence-corrected chi connectivity index (χ3v) is 3.34. The van der Waals surface area contributed by atoms with Crippen molar-refractivity contribution in [3.05, 3.63) is 0 Å². The summed E-state index contributed by atoms with van der Waals surface area (Å²) in [5, 5.41) is 0.376. The van der Waals surface area contributed by atoms with Crippen LogP contribution in [0, 0.1) is 0 Å². The van der Waals surface area contributed by atoms with Gasteiger partial charge < -0.3 is 9.64 Å². The number of nitrogens with one attached hydrogen (secondary N) is 1. The van der Waals surface area contributed by atoms with Gasteiger partial charge >= 0.3 is 6.09 Å². The zero-order valence-corrected chi connectivity index (χ0v) is 14.4. The number of amides is 3. The van der Waals surface area contributed by atoms with Crippen molar-refractivity contribution in [1.29, 1.82) is 0 Å². The highest BCUT2D eigenvalue weighted by molar-refractivity contribution is 6.30. The smallest absolute Gasteiger partial charge is 0.426 e. The van der Waals surface area contributed by atoms with E-state index in [0.717, 1.165) is 11.4 Å². The van der Waals surface area contributed by atoms with Crippen LogP contribution in [0.2, 0.25) is 0 Å². The molecular formula is C14H24ClN3O4. The number of rotatable bonds is 2. The van der Waals surface area contributed by atoms with Crippen LogP contribution in [-0.4, -0.2) is 58.4 Å². The van der Waals surface area contributed by atoms with Crippen LogP contribution in [0.1, 0.15) is 40.5 Å². The van der Waals surface area contributed by atoms with Gasteiger partial charge in [-0.1, -0.05) is 0 Å². The SMILES string of the molecule is C[C@@H](Cl)C(=O)N1CCC[C@H]1C(=O)N(C)NC(=O)OC(C)(C)C. The summed E-state index contributed by atoms with van der Waals surface area (Å²) in [6, 6.07) is -0.603. The van der Waals surface area contributed by atoms with E-state index < -0.39 is 23.1 Å². The molecule has 1 N–H and O–H groups in total. The lowest BCUT2D eigenvalue weighted by Crippen LogP contribution is -2.53. The summed E-state index contributed by atoms with van der Waals surface area (Å²) in [4.78, 5) is 37.6. The Morgan fingerprint density at radius 2 is 1.95 bits per heavy atom. The topological polar surface area (TPSA) is 79.0 Å². The minimum atomic E-state index is -0.718. The molecule has 1 heterocycles. The third-order valence-electron chi connectivity index (χ3n) is 3.15. The lowest BCUT2D eigenvalue weighted by atomic mass is 10.2. The molecule has 0 saturated carbocycles. The molecular weight excluding hydrogens is 310 g/mol. The monoisotopic (exact) mass is 333 g/mol. The van der Waals surface area contributed by atoms with E-state index in [-0.39, 0.29) is 11.8 Å². The van der Waals surface area contributed by atoms with E-state index in [4.69, 9.17) is 16.3 Å². The summed E-state index contributed by atoms with van der Waals surface area (Å²) >= 11 is 5.81. The maximum atomic E-state index is 12.4. The number of hydrogen-bond acceptors (Lipinski definition) is 4. The van der Waals surface area contributed by atoms with E-state index >= 15 is 0 Å². The quantitative estimate of drug-likeness (QED) is 0.613. The molecule has 3 amide bonds. The van der Waals surface area contributed by atoms with Crippen molar-refractivity contribution in [2.45, 2.75) is 57.6 Å². The van der Waals surface area contributed by atoms with E-state index in [1.54, 1.807) is 27.7 Å². The molecule has 1 fully saturated rings. The first kappa shape index (κ1) is 18.5. The molecule has 22 heavy (non-hydrogen) atoms. The molecule has 1 aliphatic heterocycles. The Bertz CT molecular complexity index is 448. The van der Waals surface area contributed by atoms with Crippen molar-refractivity contribution >= 4 is 29.5 Å². The number of halogens is 1. The molecule has 1 rings (SSSR count). The molecule has 0 bridgehead atoms. The van der Waals surface area contributed by atoms with Gasteiger partial charge in [0.2, 0.25) is 5.91 Å². The average Bonchev–Trinajstić information content (AvgIpc) is 2.82. The Labute approximate surface area is 135 Å². The van der Waals surface area contributed by atoms with Crippen molar-refractivity contribution in [1.82, 2.24) is 15.3 Å². The van der Waals surface area contributed by atoms with Gasteiger partial charge in [0, 0.05) is 13.6 Å². The highest BCUT2D eigenvalue weighted by Gasteiger charge is 2.37. The van der Waals surface area contributed by atoms with Crippen molar-refractivity contribution in [2.75, 3.05) is 13.6 Å². The number of alkyl halides is 1. The highest BCUT2D eigenvalue weighted by Crippen LogP contribution is 2.21. The Morgan fingerprint density at radius 1 is 1.36 bits per heavy atom. The fraction of sp³-hybridized carbons (Fsp3) is 0.786. The van der Waals surface area contributed by atoms with E-state index in [2.05, 4.69) is 5.43 Å². The molecule has 8 heteroatoms. The van der Waals surface area contributed by atoms with Gasteiger partial charge in [-0.2, -0.15) is 0 Å². The van der Waals surface area contributed by atoms with Crippen molar-refractivity contribution in [3.8, 4) is 0 Å². The molecule has 0 aromatic carbocycles. The van der Waals surface area contributed by atoms with Crippen LogP contribution >= 0.6 is 11.6 Å². The summed E-state index contributed by atoms with van der Waals surface area (Å²) in [6.45, 7) is 7.26. The van der Waals surface area contributed by atoms with Gasteiger partial charge in [-0.05, 0) is 40.5 Å². The number of nitrogens with zero attached hydrogens (tertiary/aromatic N) is 2. The number of hydrazine groups is 1. The number of hydrogen-bond donors (Lipinski definition) is 1. The van der Waals surface area contributed by atoms with Gasteiger partial charge in [-0.25, -0.2) is 10.2 Å². The predicted octanol–water partition coefficient (Wildman–Crippen LogP) is 1.50. The Morgan fingerprint density at radius 3 is 2.45 bits per heavy atom. The normalized spacial score (nSPS) is 19.5. The molecule has 126 valence electrons. The fourth-order valence-corrected chi connectivity index (χ4v) is 2.36. The second kappa shape index (κ2) is 7.17. The molecule has 2 atom stereocenters. The average molecular weight is 334 g/mol. The Kier molecular flexibility index (Phi) is 6.05. The lowest BCUT2D eigenvalue weighted by Gasteiger charge is -2.29. The number of ether oxygens (including phenoxy) is 1. The van der Waals surface area contributed by atoms with Crippen LogP contribution < -0.4 is 5.43 Å². The molecule has 0 unspecified atom stereocenters. The Balaban J connectivity index is 2.66. The van der Waals surface area contributed by atoms with Gasteiger partial charge in [-0.3, -0.25) is 14.6 Å². The number of carbonyl (C=O) groups excluding carboxylic acids is 3. The minimum absolute atomic E-state index is 0.275. The first-order valence-corrected chi connectivity index (χ1v) is 7.68. The third kappa shape index (κ3) is 5.05. The fourth-order valence-electron chi connectivity index (χ4n) is 2.23. The van der Waals surface area contributed by atoms with Crippen LogP contribution in [0.5, 0.6) is 0 Å². The van der Waals surface area contributed by atoms with Gasteiger partial charge in [0.05, 0.1) is 0 Å². The van der Waals surface area contributed by atoms with Crippen LogP contribution in [0.4, 0.5) is 4.79 Å². The van der Waals surface area contributed by atoms with Crippen LogP contribution in [0.25, 0.3) is 0 Å². The molecule has 0 radical (unpaired) electrons. The van der Waals surface area contributed by atoms with E-state index in [9.17, 15) is 14.4 Å². The second-order valence-electron chi connectivity index (χ2n) is 6.32. The standard InChI is InChI=1S/C14H24ClN3O4/c1-9(15)11(19)18-8-6-7-10(18)12(20)17(5)16-13(21)22-14(2,3)4/h9-10H,6-8H2,1-5H3,(H,16,21)/t9-,10+/m1/s1. The largest absolute Gasteiger partial charge is 0.443 e. The number of likely N-dealkylation sites (N-methyl/N-ethyl adjacent to an activating group) is 1. The van der Waals surface area contributed by atoms with Gasteiger partial charge in [0.25, 0.3) is 5.91 Å². The summed E-state index contributed by atoms with van der Waals surface area (Å²) in [6.07, 6.45) is 0.561. The van der Waals surface area contributed by atoms with Gasteiger partial charge in [0.1, 0.15) is 17.0 Å². The van der Waals surface area contributed by atoms with Crippen molar-refractivity contribution in [2.24, 2.45) is 0 Å². The first-order chi connectivity index (χ1) is 10.0. The minimum Gasteiger partial charge on any atom is -0.443 e. The first-order valence-electron chi connectivity index (χ1n) is 7.24. The van der Waals surface area contributed by atoms with Crippen LogP contribution in [0.3, 0.4) is 0 Å². The van der Waals surface area contributed by atoms with Gasteiger partial charge in [0.15, 0.2) is 0 Å². The molecule has 1 saturated heterocycles. The van der Waals surface area contributed by atoms with E-state index in [0.29, 0.717) is 13.0 Å². The van der Waals surface area contributed by atoms with E-state index in [1.807, 2.05) is 0 Å². The van der Waals surface area contributed by atoms with Crippen molar-refractivity contribution < 1.29 is 19.1 Å². The van der Waals surface area contributed by atoms with Gasteiger partial charge in [-0.15, -0.1) is 11.6 Å². The van der Waals surface area contributed by atoms with Crippen LogP contribution in [-0.2, 0) is 14.3 Å². The molecule has 0 aromatic rings. The molecule has 7 nitrogen and oxygen atoms in total. The predicted molar refractivity (Wildman–Crippen MR) is 82.2 cm³/mol. The number of likely N-dealkylation sites (tertiary alicyclic amines) is 1. The Hall–Kier alpha value is -1.50. The number of carbonyl (C=O) groups is 3. The van der Waals surface area contributed by atoms with Crippen LogP contribution in [0.15, 0.2) is 0 Å². The maximum Gasteiger partial charge on any atom is 0.426 e.